The summed E-state index contributed by atoms with van der Waals surface area (Å²) >= 11 is 0. The summed E-state index contributed by atoms with van der Waals surface area (Å²) in [4.78, 5) is 8.63. The molecule has 0 aliphatic heterocycles. The Morgan fingerprint density at radius 1 is 1.17 bits per heavy atom. The quantitative estimate of drug-likeness (QED) is 0.872. The van der Waals surface area contributed by atoms with Gasteiger partial charge in [0, 0.05) is 11.5 Å². The van der Waals surface area contributed by atoms with Crippen molar-refractivity contribution in [1.82, 2.24) is 9.97 Å². The second-order valence-corrected chi connectivity index (χ2v) is 4.32. The molecule has 0 bridgehead atoms. The van der Waals surface area contributed by atoms with E-state index in [-0.39, 0.29) is 11.7 Å². The predicted octanol–water partition coefficient (Wildman–Crippen LogP) is 2.72. The summed E-state index contributed by atoms with van der Waals surface area (Å²) in [6.45, 7) is 3.99. The molecule has 0 saturated heterocycles. The Morgan fingerprint density at radius 2 is 1.83 bits per heavy atom. The first-order valence-corrected chi connectivity index (χ1v) is 5.76. The lowest BCUT2D eigenvalue weighted by atomic mass is 10.1. The minimum atomic E-state index is 0.169. The van der Waals surface area contributed by atoms with E-state index in [1.807, 2.05) is 44.2 Å². The van der Waals surface area contributed by atoms with E-state index in [1.54, 1.807) is 0 Å². The zero-order chi connectivity index (χ0) is 13.1. The SMILES string of the molecule is CC(C)c1nc(N)c(C#N)c(-c2ccccc2)n1. The third-order valence-corrected chi connectivity index (χ3v) is 2.63. The average molecular weight is 238 g/mol. The Hall–Kier alpha value is -2.41. The van der Waals surface area contributed by atoms with Gasteiger partial charge < -0.3 is 5.73 Å². The number of nitrogens with two attached hydrogens (primary N) is 1. The molecule has 4 heteroatoms. The fraction of sp³-hybridized carbons (Fsp3) is 0.214. The Kier molecular flexibility index (Phi) is 3.24. The monoisotopic (exact) mass is 238 g/mol. The van der Waals surface area contributed by atoms with Crippen LogP contribution in [0.2, 0.25) is 0 Å². The van der Waals surface area contributed by atoms with Crippen molar-refractivity contribution < 1.29 is 0 Å². The molecule has 2 N–H and O–H groups in total. The first-order valence-electron chi connectivity index (χ1n) is 5.76. The van der Waals surface area contributed by atoms with E-state index in [0.29, 0.717) is 17.1 Å². The molecule has 2 rings (SSSR count). The maximum atomic E-state index is 9.18. The molecule has 0 amide bonds. The van der Waals surface area contributed by atoms with Gasteiger partial charge in [0.1, 0.15) is 23.3 Å². The topological polar surface area (TPSA) is 75.6 Å². The molecular weight excluding hydrogens is 224 g/mol. The molecule has 18 heavy (non-hydrogen) atoms. The highest BCUT2D eigenvalue weighted by atomic mass is 15.0. The third-order valence-electron chi connectivity index (χ3n) is 2.63. The number of nitrogens with zero attached hydrogens (tertiary/aromatic N) is 3. The van der Waals surface area contributed by atoms with E-state index >= 15 is 0 Å². The summed E-state index contributed by atoms with van der Waals surface area (Å²) in [5.41, 5.74) is 7.66. The van der Waals surface area contributed by atoms with E-state index in [4.69, 9.17) is 5.73 Å². The van der Waals surface area contributed by atoms with E-state index in [0.717, 1.165) is 5.56 Å². The van der Waals surface area contributed by atoms with E-state index < -0.39 is 0 Å². The number of nitrogen functional groups attached to an aromatic ring is 1. The number of aromatic nitrogens is 2. The number of rotatable bonds is 2. The number of anilines is 1. The van der Waals surface area contributed by atoms with Gasteiger partial charge in [0.05, 0.1) is 5.69 Å². The van der Waals surface area contributed by atoms with Crippen molar-refractivity contribution in [2.24, 2.45) is 0 Å². The normalized spacial score (nSPS) is 10.3. The van der Waals surface area contributed by atoms with Crippen molar-refractivity contribution >= 4 is 5.82 Å². The van der Waals surface area contributed by atoms with Crippen LogP contribution < -0.4 is 5.73 Å². The van der Waals surface area contributed by atoms with E-state index in [9.17, 15) is 5.26 Å². The molecule has 0 atom stereocenters. The molecule has 0 aliphatic carbocycles. The van der Waals surface area contributed by atoms with Crippen LogP contribution in [0.3, 0.4) is 0 Å². The van der Waals surface area contributed by atoms with Crippen LogP contribution in [0.1, 0.15) is 31.2 Å². The van der Waals surface area contributed by atoms with Crippen molar-refractivity contribution in [3.8, 4) is 17.3 Å². The highest BCUT2D eigenvalue weighted by Gasteiger charge is 2.15. The Bertz CT molecular complexity index is 597. The number of nitriles is 1. The van der Waals surface area contributed by atoms with Crippen LogP contribution in [0.5, 0.6) is 0 Å². The number of hydrogen-bond donors (Lipinski definition) is 1. The molecule has 90 valence electrons. The molecule has 0 aliphatic rings. The summed E-state index contributed by atoms with van der Waals surface area (Å²) in [6.07, 6.45) is 0. The van der Waals surface area contributed by atoms with Crippen LogP contribution in [0.15, 0.2) is 30.3 Å². The number of benzene rings is 1. The lowest BCUT2D eigenvalue weighted by molar-refractivity contribution is 0.778. The molecule has 4 nitrogen and oxygen atoms in total. The molecular formula is C14H14N4. The van der Waals surface area contributed by atoms with Crippen LogP contribution in [-0.2, 0) is 0 Å². The van der Waals surface area contributed by atoms with Crippen molar-refractivity contribution in [3.63, 3.8) is 0 Å². The van der Waals surface area contributed by atoms with Gasteiger partial charge in [-0.1, -0.05) is 44.2 Å². The maximum absolute atomic E-state index is 9.18. The van der Waals surface area contributed by atoms with E-state index in [1.165, 1.54) is 0 Å². The smallest absolute Gasteiger partial charge is 0.145 e. The summed E-state index contributed by atoms with van der Waals surface area (Å²) in [5.74, 6) is 1.07. The Balaban J connectivity index is 2.69. The Labute approximate surface area is 106 Å². The van der Waals surface area contributed by atoms with Crippen molar-refractivity contribution in [1.29, 1.82) is 5.26 Å². The van der Waals surface area contributed by atoms with Gasteiger partial charge in [-0.25, -0.2) is 9.97 Å². The van der Waals surface area contributed by atoms with E-state index in [2.05, 4.69) is 16.0 Å². The standard InChI is InChI=1S/C14H14N4/c1-9(2)14-17-12(10-6-4-3-5-7-10)11(8-15)13(16)18-14/h3-7,9H,1-2H3,(H2,16,17,18). The number of hydrogen-bond acceptors (Lipinski definition) is 4. The molecule has 1 heterocycles. The van der Waals surface area contributed by atoms with Crippen molar-refractivity contribution in [2.45, 2.75) is 19.8 Å². The zero-order valence-electron chi connectivity index (χ0n) is 10.4. The summed E-state index contributed by atoms with van der Waals surface area (Å²) in [6, 6.07) is 11.6. The molecule has 0 saturated carbocycles. The lowest BCUT2D eigenvalue weighted by Gasteiger charge is -2.10. The van der Waals surface area contributed by atoms with Gasteiger partial charge in [-0.15, -0.1) is 0 Å². The van der Waals surface area contributed by atoms with Crippen molar-refractivity contribution in [2.75, 3.05) is 5.73 Å². The molecule has 0 radical (unpaired) electrons. The summed E-state index contributed by atoms with van der Waals surface area (Å²) in [7, 11) is 0. The fourth-order valence-corrected chi connectivity index (χ4v) is 1.67. The van der Waals surface area contributed by atoms with Crippen LogP contribution >= 0.6 is 0 Å². The largest absolute Gasteiger partial charge is 0.382 e. The van der Waals surface area contributed by atoms with Gasteiger partial charge in [-0.05, 0) is 0 Å². The van der Waals surface area contributed by atoms with Crippen LogP contribution in [-0.4, -0.2) is 9.97 Å². The van der Waals surface area contributed by atoms with Crippen LogP contribution in [0.4, 0.5) is 5.82 Å². The molecule has 1 aromatic carbocycles. The van der Waals surface area contributed by atoms with Crippen LogP contribution in [0, 0.1) is 11.3 Å². The molecule has 2 aromatic rings. The average Bonchev–Trinajstić information content (AvgIpc) is 2.38. The third kappa shape index (κ3) is 2.16. The summed E-state index contributed by atoms with van der Waals surface area (Å²) < 4.78 is 0. The minimum Gasteiger partial charge on any atom is -0.382 e. The molecule has 0 unspecified atom stereocenters. The van der Waals surface area contributed by atoms with Gasteiger partial charge >= 0.3 is 0 Å². The molecule has 0 spiro atoms. The zero-order valence-corrected chi connectivity index (χ0v) is 10.4. The highest BCUT2D eigenvalue weighted by Crippen LogP contribution is 2.26. The lowest BCUT2D eigenvalue weighted by Crippen LogP contribution is -2.06. The molecule has 1 aromatic heterocycles. The first-order chi connectivity index (χ1) is 8.63. The predicted molar refractivity (Wildman–Crippen MR) is 70.7 cm³/mol. The van der Waals surface area contributed by atoms with Gasteiger partial charge in [-0.3, -0.25) is 0 Å². The maximum Gasteiger partial charge on any atom is 0.145 e. The second kappa shape index (κ2) is 4.84. The molecule has 0 fully saturated rings. The van der Waals surface area contributed by atoms with Crippen LogP contribution in [0.25, 0.3) is 11.3 Å². The van der Waals surface area contributed by atoms with Gasteiger partial charge in [0.25, 0.3) is 0 Å². The second-order valence-electron chi connectivity index (χ2n) is 4.32. The fourth-order valence-electron chi connectivity index (χ4n) is 1.67. The summed E-state index contributed by atoms with van der Waals surface area (Å²) in [5, 5.41) is 9.18. The highest BCUT2D eigenvalue weighted by molar-refractivity contribution is 5.71. The van der Waals surface area contributed by atoms with Crippen molar-refractivity contribution in [3.05, 3.63) is 41.7 Å². The first kappa shape index (κ1) is 12.1. The van der Waals surface area contributed by atoms with Gasteiger partial charge in [0.2, 0.25) is 0 Å². The van der Waals surface area contributed by atoms with Gasteiger partial charge in [0.15, 0.2) is 0 Å². The van der Waals surface area contributed by atoms with Gasteiger partial charge in [-0.2, -0.15) is 5.26 Å². The minimum absolute atomic E-state index is 0.169. The Morgan fingerprint density at radius 3 is 2.39 bits per heavy atom.